The predicted octanol–water partition coefficient (Wildman–Crippen LogP) is 2.08. The third-order valence-electron chi connectivity index (χ3n) is 5.38. The van der Waals surface area contributed by atoms with E-state index in [4.69, 9.17) is 14.7 Å². The van der Waals surface area contributed by atoms with E-state index in [2.05, 4.69) is 5.32 Å². The van der Waals surface area contributed by atoms with Crippen molar-refractivity contribution in [1.82, 2.24) is 9.62 Å². The van der Waals surface area contributed by atoms with Gasteiger partial charge in [-0.05, 0) is 41.8 Å². The number of nitrogens with zero attached hydrogens (tertiary/aromatic N) is 2. The highest BCUT2D eigenvalue weighted by atomic mass is 32.2. The average molecular weight is 486 g/mol. The highest BCUT2D eigenvalue weighted by Gasteiger charge is 2.29. The number of esters is 1. The molecule has 1 heterocycles. The summed E-state index contributed by atoms with van der Waals surface area (Å²) in [7, 11) is -3.76. The Bertz CT molecular complexity index is 1170. The molecular formula is C24H27N3O6S. The number of rotatable bonds is 8. The molecule has 180 valence electrons. The first-order valence-electron chi connectivity index (χ1n) is 10.9. The lowest BCUT2D eigenvalue weighted by molar-refractivity contribution is -0.148. The van der Waals surface area contributed by atoms with E-state index in [0.29, 0.717) is 24.3 Å². The number of ether oxygens (including phenoxy) is 2. The van der Waals surface area contributed by atoms with E-state index in [-0.39, 0.29) is 36.1 Å². The van der Waals surface area contributed by atoms with Crippen molar-refractivity contribution >= 4 is 21.9 Å². The second-order valence-corrected chi connectivity index (χ2v) is 10.1. The Hall–Kier alpha value is -3.26. The maximum absolute atomic E-state index is 12.9. The van der Waals surface area contributed by atoms with Crippen molar-refractivity contribution in [1.29, 1.82) is 5.26 Å². The van der Waals surface area contributed by atoms with Gasteiger partial charge in [-0.2, -0.15) is 9.57 Å². The highest BCUT2D eigenvalue weighted by Crippen LogP contribution is 2.19. The summed E-state index contributed by atoms with van der Waals surface area (Å²) in [5.41, 5.74) is 1.34. The number of sulfonamides is 1. The molecule has 0 radical (unpaired) electrons. The largest absolute Gasteiger partial charge is 0.459 e. The quantitative estimate of drug-likeness (QED) is 0.567. The van der Waals surface area contributed by atoms with E-state index in [1.165, 1.54) is 28.6 Å². The Kier molecular flexibility index (Phi) is 8.39. The van der Waals surface area contributed by atoms with Crippen molar-refractivity contribution in [3.63, 3.8) is 0 Å². The summed E-state index contributed by atoms with van der Waals surface area (Å²) in [6, 6.07) is 13.5. The number of hydrogen-bond donors (Lipinski definition) is 1. The van der Waals surface area contributed by atoms with E-state index >= 15 is 0 Å². The van der Waals surface area contributed by atoms with Gasteiger partial charge in [0, 0.05) is 18.7 Å². The van der Waals surface area contributed by atoms with Gasteiger partial charge >= 0.3 is 5.97 Å². The van der Waals surface area contributed by atoms with Gasteiger partial charge in [-0.3, -0.25) is 4.79 Å². The van der Waals surface area contributed by atoms with E-state index in [9.17, 15) is 18.0 Å². The number of hydrogen-bond acceptors (Lipinski definition) is 7. The van der Waals surface area contributed by atoms with Gasteiger partial charge in [0.2, 0.25) is 10.0 Å². The first-order chi connectivity index (χ1) is 16.2. The summed E-state index contributed by atoms with van der Waals surface area (Å²) in [6.45, 7) is 4.68. The summed E-state index contributed by atoms with van der Waals surface area (Å²) in [6.07, 6.45) is 0. The molecule has 1 aliphatic rings. The number of morpholine rings is 1. The van der Waals surface area contributed by atoms with Crippen LogP contribution in [-0.4, -0.2) is 56.9 Å². The summed E-state index contributed by atoms with van der Waals surface area (Å²) in [5, 5.41) is 11.5. The molecule has 0 unspecified atom stereocenters. The molecule has 1 atom stereocenters. The van der Waals surface area contributed by atoms with E-state index in [0.717, 1.165) is 0 Å². The number of amides is 1. The molecule has 1 aliphatic heterocycles. The molecule has 1 fully saturated rings. The Morgan fingerprint density at radius 2 is 1.82 bits per heavy atom. The van der Waals surface area contributed by atoms with Gasteiger partial charge < -0.3 is 14.8 Å². The van der Waals surface area contributed by atoms with Crippen LogP contribution >= 0.6 is 0 Å². The normalized spacial score (nSPS) is 15.4. The van der Waals surface area contributed by atoms with E-state index < -0.39 is 27.9 Å². The highest BCUT2D eigenvalue weighted by molar-refractivity contribution is 7.89. The predicted molar refractivity (Wildman–Crippen MR) is 123 cm³/mol. The average Bonchev–Trinajstić information content (AvgIpc) is 2.86. The second kappa shape index (κ2) is 11.2. The lowest BCUT2D eigenvalue weighted by Crippen LogP contribution is -2.45. The van der Waals surface area contributed by atoms with Crippen molar-refractivity contribution in [2.24, 2.45) is 5.92 Å². The molecule has 3 rings (SSSR count). The van der Waals surface area contributed by atoms with Gasteiger partial charge in [0.1, 0.15) is 12.6 Å². The number of nitrogens with one attached hydrogen (secondary N) is 1. The summed E-state index contributed by atoms with van der Waals surface area (Å²) in [4.78, 5) is 25.6. The van der Waals surface area contributed by atoms with Crippen LogP contribution in [0.25, 0.3) is 0 Å². The second-order valence-electron chi connectivity index (χ2n) is 8.16. The molecule has 10 heteroatoms. The molecule has 0 saturated carbocycles. The monoisotopic (exact) mass is 485 g/mol. The molecule has 2 aromatic rings. The fourth-order valence-electron chi connectivity index (χ4n) is 3.38. The molecule has 1 saturated heterocycles. The van der Waals surface area contributed by atoms with E-state index in [1.54, 1.807) is 38.1 Å². The first kappa shape index (κ1) is 25.4. The fraction of sp³-hybridized carbons (Fsp3) is 0.375. The van der Waals surface area contributed by atoms with Gasteiger partial charge in [-0.15, -0.1) is 0 Å². The molecule has 9 nitrogen and oxygen atoms in total. The fourth-order valence-corrected chi connectivity index (χ4v) is 4.83. The Morgan fingerprint density at radius 3 is 2.44 bits per heavy atom. The third kappa shape index (κ3) is 6.20. The van der Waals surface area contributed by atoms with Crippen molar-refractivity contribution in [2.75, 3.05) is 26.3 Å². The van der Waals surface area contributed by atoms with Crippen LogP contribution in [0.1, 0.15) is 35.3 Å². The smallest absolute Gasteiger partial charge is 0.329 e. The van der Waals surface area contributed by atoms with E-state index in [1.807, 2.05) is 6.07 Å². The maximum atomic E-state index is 12.9. The standard InChI is InChI=1S/C24H27N3O6S/c1-17(2)22(24(29)33-16-19-8-6-18(15-25)7-9-19)26-23(28)20-4-3-5-21(14-20)34(30,31)27-10-12-32-13-11-27/h3-9,14,17,22H,10-13,16H2,1-2H3,(H,26,28)/t22-/m0/s1. The van der Waals surface area contributed by atoms with Gasteiger partial charge in [0.25, 0.3) is 5.91 Å². The zero-order valence-corrected chi connectivity index (χ0v) is 19.9. The molecule has 1 amide bonds. The topological polar surface area (TPSA) is 126 Å². The van der Waals surface area contributed by atoms with Gasteiger partial charge in [-0.1, -0.05) is 32.0 Å². The van der Waals surface area contributed by atoms with Gasteiger partial charge in [0.15, 0.2) is 0 Å². The molecule has 0 aliphatic carbocycles. The molecule has 0 spiro atoms. The SMILES string of the molecule is CC(C)[C@H](NC(=O)c1cccc(S(=O)(=O)N2CCOCC2)c1)C(=O)OCc1ccc(C#N)cc1. The number of carbonyl (C=O) groups excluding carboxylic acids is 2. The molecular weight excluding hydrogens is 458 g/mol. The Labute approximate surface area is 199 Å². The minimum absolute atomic E-state index is 0.00307. The van der Waals surface area contributed by atoms with Crippen molar-refractivity contribution < 1.29 is 27.5 Å². The maximum Gasteiger partial charge on any atom is 0.329 e. The molecule has 1 N–H and O–H groups in total. The summed E-state index contributed by atoms with van der Waals surface area (Å²) >= 11 is 0. The van der Waals surface area contributed by atoms with Crippen LogP contribution in [0.15, 0.2) is 53.4 Å². The molecule has 0 aromatic heterocycles. The molecule has 0 bridgehead atoms. The lowest BCUT2D eigenvalue weighted by atomic mass is 10.0. The number of nitriles is 1. The zero-order chi connectivity index (χ0) is 24.7. The Morgan fingerprint density at radius 1 is 1.15 bits per heavy atom. The van der Waals surface area contributed by atoms with Crippen LogP contribution in [0, 0.1) is 17.2 Å². The minimum atomic E-state index is -3.76. The van der Waals surface area contributed by atoms with Crippen LogP contribution in [0.2, 0.25) is 0 Å². The molecule has 34 heavy (non-hydrogen) atoms. The number of carbonyl (C=O) groups is 2. The third-order valence-corrected chi connectivity index (χ3v) is 7.27. The summed E-state index contributed by atoms with van der Waals surface area (Å²) < 4.78 is 37.7. The van der Waals surface area contributed by atoms with Gasteiger partial charge in [-0.25, -0.2) is 13.2 Å². The van der Waals surface area contributed by atoms with Crippen molar-refractivity contribution in [2.45, 2.75) is 31.4 Å². The summed E-state index contributed by atoms with van der Waals surface area (Å²) in [5.74, 6) is -1.45. The van der Waals surface area contributed by atoms with Crippen LogP contribution < -0.4 is 5.32 Å². The van der Waals surface area contributed by atoms with Crippen molar-refractivity contribution in [3.05, 3.63) is 65.2 Å². The van der Waals surface area contributed by atoms with Crippen LogP contribution in [0.3, 0.4) is 0 Å². The lowest BCUT2D eigenvalue weighted by Gasteiger charge is -2.26. The molecule has 2 aromatic carbocycles. The Balaban J connectivity index is 1.68. The van der Waals surface area contributed by atoms with Gasteiger partial charge in [0.05, 0.1) is 29.7 Å². The first-order valence-corrected chi connectivity index (χ1v) is 12.3. The van der Waals surface area contributed by atoms with Crippen LogP contribution in [0.4, 0.5) is 0 Å². The van der Waals surface area contributed by atoms with Crippen LogP contribution in [-0.2, 0) is 30.9 Å². The minimum Gasteiger partial charge on any atom is -0.459 e. The van der Waals surface area contributed by atoms with Crippen molar-refractivity contribution in [3.8, 4) is 6.07 Å². The van der Waals surface area contributed by atoms with Crippen LogP contribution in [0.5, 0.6) is 0 Å². The number of benzene rings is 2. The zero-order valence-electron chi connectivity index (χ0n) is 19.1.